The first-order valence-electron chi connectivity index (χ1n) is 3.81. The number of nitrogens with one attached hydrogen (secondary N) is 1. The van der Waals surface area contributed by atoms with E-state index in [1.807, 2.05) is 0 Å². The van der Waals surface area contributed by atoms with E-state index < -0.39 is 14.9 Å². The highest BCUT2D eigenvalue weighted by Crippen LogP contribution is 2.32. The first-order chi connectivity index (χ1) is 6.91. The highest BCUT2D eigenvalue weighted by Gasteiger charge is 2.20. The molecule has 1 aromatic carbocycles. The fourth-order valence-corrected chi connectivity index (χ4v) is 2.79. The number of fused-ring (bicyclic) bond motifs is 1. The molecule has 7 heteroatoms. The van der Waals surface area contributed by atoms with E-state index in [9.17, 15) is 12.8 Å². The van der Waals surface area contributed by atoms with Gasteiger partial charge in [0.1, 0.15) is 10.7 Å². The van der Waals surface area contributed by atoms with Gasteiger partial charge in [-0.3, -0.25) is 0 Å². The molecule has 0 fully saturated rings. The van der Waals surface area contributed by atoms with Crippen LogP contribution in [0.15, 0.2) is 27.7 Å². The van der Waals surface area contributed by atoms with E-state index >= 15 is 0 Å². The first kappa shape index (κ1) is 10.9. The summed E-state index contributed by atoms with van der Waals surface area (Å²) < 4.78 is 36.3. The molecular weight excluding hydrogens is 309 g/mol. The van der Waals surface area contributed by atoms with Crippen LogP contribution in [0, 0.1) is 5.82 Å². The molecule has 1 aromatic heterocycles. The molecule has 0 aliphatic rings. The third-order valence-electron chi connectivity index (χ3n) is 1.96. The minimum absolute atomic E-state index is 0.0284. The molecule has 0 aliphatic carbocycles. The molecule has 0 radical (unpaired) electrons. The maximum absolute atomic E-state index is 13.4. The molecular formula is C8H4BrClFNO2S. The Balaban J connectivity index is 2.98. The van der Waals surface area contributed by atoms with Crippen LogP contribution in [0.25, 0.3) is 10.9 Å². The van der Waals surface area contributed by atoms with E-state index in [-0.39, 0.29) is 10.3 Å². The molecule has 0 bridgehead atoms. The van der Waals surface area contributed by atoms with Crippen LogP contribution in [0.1, 0.15) is 0 Å². The van der Waals surface area contributed by atoms with Crippen molar-refractivity contribution in [1.82, 2.24) is 4.98 Å². The molecule has 3 nitrogen and oxygen atoms in total. The Morgan fingerprint density at radius 2 is 2.07 bits per heavy atom. The van der Waals surface area contributed by atoms with Gasteiger partial charge in [-0.05, 0) is 28.1 Å². The van der Waals surface area contributed by atoms with Gasteiger partial charge in [0.15, 0.2) is 0 Å². The van der Waals surface area contributed by atoms with E-state index in [1.54, 1.807) is 0 Å². The van der Waals surface area contributed by atoms with Crippen LogP contribution in [-0.4, -0.2) is 13.4 Å². The Morgan fingerprint density at radius 3 is 2.67 bits per heavy atom. The van der Waals surface area contributed by atoms with E-state index in [2.05, 4.69) is 20.9 Å². The van der Waals surface area contributed by atoms with Crippen molar-refractivity contribution in [2.24, 2.45) is 0 Å². The third-order valence-corrected chi connectivity index (χ3v) is 3.97. The van der Waals surface area contributed by atoms with Crippen LogP contribution >= 0.6 is 26.6 Å². The lowest BCUT2D eigenvalue weighted by atomic mass is 10.2. The largest absolute Gasteiger partial charge is 0.359 e. The van der Waals surface area contributed by atoms with E-state index in [0.717, 1.165) is 0 Å². The maximum Gasteiger partial charge on any atom is 0.263 e. The second-order valence-electron chi connectivity index (χ2n) is 2.87. The SMILES string of the molecule is O=S(=O)(Cl)c1c[nH]c2c(Br)ccc(F)c12. The van der Waals surface area contributed by atoms with Gasteiger partial charge in [-0.1, -0.05) is 0 Å². The lowest BCUT2D eigenvalue weighted by molar-refractivity contribution is 0.608. The van der Waals surface area contributed by atoms with Crippen LogP contribution in [0.4, 0.5) is 4.39 Å². The number of hydrogen-bond donors (Lipinski definition) is 1. The first-order valence-corrected chi connectivity index (χ1v) is 6.91. The van der Waals surface area contributed by atoms with Crippen molar-refractivity contribution in [2.45, 2.75) is 4.90 Å². The molecule has 2 rings (SSSR count). The number of aromatic nitrogens is 1. The minimum atomic E-state index is -3.95. The van der Waals surface area contributed by atoms with Crippen LogP contribution in [0.2, 0.25) is 0 Å². The standard InChI is InChI=1S/C8H4BrClFNO2S/c9-4-1-2-5(11)7-6(15(10,13)14)3-12-8(4)7/h1-3,12H. The molecule has 1 heterocycles. The minimum Gasteiger partial charge on any atom is -0.359 e. The van der Waals surface area contributed by atoms with Crippen LogP contribution in [-0.2, 0) is 9.05 Å². The summed E-state index contributed by atoms with van der Waals surface area (Å²) in [6.45, 7) is 0. The summed E-state index contributed by atoms with van der Waals surface area (Å²) in [7, 11) is 1.23. The maximum atomic E-state index is 13.4. The molecule has 0 unspecified atom stereocenters. The van der Waals surface area contributed by atoms with Gasteiger partial charge in [0, 0.05) is 21.4 Å². The zero-order valence-corrected chi connectivity index (χ0v) is 10.2. The average Bonchev–Trinajstić information content (AvgIpc) is 2.55. The van der Waals surface area contributed by atoms with E-state index in [1.165, 1.54) is 18.3 Å². The van der Waals surface area contributed by atoms with Crippen molar-refractivity contribution in [3.8, 4) is 0 Å². The van der Waals surface area contributed by atoms with Crippen molar-refractivity contribution in [3.63, 3.8) is 0 Å². The van der Waals surface area contributed by atoms with Gasteiger partial charge in [-0.25, -0.2) is 12.8 Å². The van der Waals surface area contributed by atoms with Crippen LogP contribution < -0.4 is 0 Å². The number of hydrogen-bond acceptors (Lipinski definition) is 2. The van der Waals surface area contributed by atoms with Gasteiger partial charge in [-0.15, -0.1) is 0 Å². The number of halogens is 3. The van der Waals surface area contributed by atoms with Crippen molar-refractivity contribution >= 4 is 46.6 Å². The normalized spacial score (nSPS) is 12.2. The average molecular weight is 313 g/mol. The third kappa shape index (κ3) is 1.77. The molecule has 2 aromatic rings. The Bertz CT molecular complexity index is 637. The molecule has 80 valence electrons. The smallest absolute Gasteiger partial charge is 0.263 e. The van der Waals surface area contributed by atoms with E-state index in [4.69, 9.17) is 10.7 Å². The topological polar surface area (TPSA) is 49.9 Å². The Hall–Kier alpha value is -0.590. The predicted molar refractivity (Wildman–Crippen MR) is 59.0 cm³/mol. The number of H-pyrrole nitrogens is 1. The van der Waals surface area contributed by atoms with Crippen molar-refractivity contribution in [2.75, 3.05) is 0 Å². The summed E-state index contributed by atoms with van der Waals surface area (Å²) in [5.41, 5.74) is 0.370. The predicted octanol–water partition coefficient (Wildman–Crippen LogP) is 3.00. The number of benzene rings is 1. The molecule has 0 atom stereocenters. The quantitative estimate of drug-likeness (QED) is 0.823. The summed E-state index contributed by atoms with van der Waals surface area (Å²) in [5, 5.41) is -0.0284. The Morgan fingerprint density at radius 1 is 1.40 bits per heavy atom. The summed E-state index contributed by atoms with van der Waals surface area (Å²) in [6, 6.07) is 2.66. The summed E-state index contributed by atoms with van der Waals surface area (Å²) in [6.07, 6.45) is 1.17. The summed E-state index contributed by atoms with van der Waals surface area (Å²) in [4.78, 5) is 2.40. The highest BCUT2D eigenvalue weighted by molar-refractivity contribution is 9.10. The van der Waals surface area contributed by atoms with Crippen molar-refractivity contribution < 1.29 is 12.8 Å². The Kier molecular flexibility index (Phi) is 2.52. The fourth-order valence-electron chi connectivity index (χ4n) is 1.34. The van der Waals surface area contributed by atoms with Crippen molar-refractivity contribution in [3.05, 3.63) is 28.6 Å². The molecule has 0 saturated carbocycles. The molecule has 0 saturated heterocycles. The fraction of sp³-hybridized carbons (Fsp3) is 0. The molecule has 0 amide bonds. The van der Waals surface area contributed by atoms with Gasteiger partial charge in [-0.2, -0.15) is 0 Å². The molecule has 15 heavy (non-hydrogen) atoms. The highest BCUT2D eigenvalue weighted by atomic mass is 79.9. The van der Waals surface area contributed by atoms with Gasteiger partial charge in [0.2, 0.25) is 0 Å². The zero-order chi connectivity index (χ0) is 11.2. The molecule has 0 spiro atoms. The van der Waals surface area contributed by atoms with Crippen LogP contribution in [0.3, 0.4) is 0 Å². The monoisotopic (exact) mass is 311 g/mol. The van der Waals surface area contributed by atoms with Crippen molar-refractivity contribution in [1.29, 1.82) is 0 Å². The van der Waals surface area contributed by atoms with Crippen LogP contribution in [0.5, 0.6) is 0 Å². The van der Waals surface area contributed by atoms with E-state index in [0.29, 0.717) is 9.99 Å². The van der Waals surface area contributed by atoms with Gasteiger partial charge in [0.05, 0.1) is 10.9 Å². The lowest BCUT2D eigenvalue weighted by Gasteiger charge is -1.97. The summed E-state index contributed by atoms with van der Waals surface area (Å²) >= 11 is 3.18. The second kappa shape index (κ2) is 3.47. The molecule has 0 aliphatic heterocycles. The van der Waals surface area contributed by atoms with Gasteiger partial charge in [0.25, 0.3) is 9.05 Å². The van der Waals surface area contributed by atoms with Gasteiger partial charge >= 0.3 is 0 Å². The molecule has 1 N–H and O–H groups in total. The lowest BCUT2D eigenvalue weighted by Crippen LogP contribution is -1.89. The number of aromatic amines is 1. The Labute approximate surface area is 97.8 Å². The zero-order valence-electron chi connectivity index (χ0n) is 7.09. The van der Waals surface area contributed by atoms with Gasteiger partial charge < -0.3 is 4.98 Å². The number of rotatable bonds is 1. The summed E-state index contributed by atoms with van der Waals surface area (Å²) in [5.74, 6) is -0.631. The second-order valence-corrected chi connectivity index (χ2v) is 6.26.